The predicted molar refractivity (Wildman–Crippen MR) is 80.4 cm³/mol. The van der Waals surface area contributed by atoms with Crippen molar-refractivity contribution in [1.82, 2.24) is 0 Å². The summed E-state index contributed by atoms with van der Waals surface area (Å²) >= 11 is 5.51. The zero-order valence-corrected chi connectivity index (χ0v) is 12.1. The Morgan fingerprint density at radius 1 is 0.824 bits per heavy atom. The second kappa shape index (κ2) is 4.41. The molecule has 0 amide bonds. The van der Waals surface area contributed by atoms with E-state index in [1.54, 1.807) is 0 Å². The van der Waals surface area contributed by atoms with E-state index in [9.17, 15) is 0 Å². The minimum Gasteiger partial charge on any atom is -0.144 e. The van der Waals surface area contributed by atoms with Gasteiger partial charge in [-0.2, -0.15) is 0 Å². The first-order chi connectivity index (χ1) is 8.24. The number of rotatable bonds is 2. The van der Waals surface area contributed by atoms with Crippen LogP contribution in [0.25, 0.3) is 20.2 Å². The third kappa shape index (κ3) is 2.10. The molecule has 3 aromatic heterocycles. The Morgan fingerprint density at radius 3 is 2.06 bits per heavy atom. The van der Waals surface area contributed by atoms with Crippen molar-refractivity contribution in [2.24, 2.45) is 0 Å². The van der Waals surface area contributed by atoms with Gasteiger partial charge in [0.15, 0.2) is 0 Å². The van der Waals surface area contributed by atoms with Crippen LogP contribution in [0.3, 0.4) is 0 Å². The molecule has 0 radical (unpaired) electrons. The Morgan fingerprint density at radius 2 is 1.47 bits per heavy atom. The minimum atomic E-state index is 1.35. The van der Waals surface area contributed by atoms with E-state index in [0.717, 1.165) is 0 Å². The zero-order chi connectivity index (χ0) is 11.8. The van der Waals surface area contributed by atoms with Gasteiger partial charge in [-0.05, 0) is 59.3 Å². The third-order valence-corrected chi connectivity index (χ3v) is 5.84. The van der Waals surface area contributed by atoms with E-state index in [0.29, 0.717) is 0 Å². The van der Waals surface area contributed by atoms with Crippen LogP contribution in [0.1, 0.15) is 11.1 Å². The van der Waals surface area contributed by atoms with Crippen LogP contribution in [0, 0.1) is 13.8 Å². The van der Waals surface area contributed by atoms with Gasteiger partial charge in [-0.25, -0.2) is 0 Å². The molecule has 0 aromatic carbocycles. The van der Waals surface area contributed by atoms with E-state index in [1.807, 2.05) is 34.0 Å². The molecular formula is C14H12S3. The molecule has 0 aliphatic rings. The lowest BCUT2D eigenvalue weighted by Gasteiger charge is -1.98. The molecule has 0 unspecified atom stereocenters. The smallest absolute Gasteiger partial charge is 0.0529 e. The highest BCUT2D eigenvalue weighted by Gasteiger charge is 2.11. The fourth-order valence-electron chi connectivity index (χ4n) is 1.82. The fraction of sp³-hybridized carbons (Fsp3) is 0.143. The molecule has 3 aromatic rings. The van der Waals surface area contributed by atoms with Crippen LogP contribution in [-0.2, 0) is 0 Å². The van der Waals surface area contributed by atoms with E-state index in [4.69, 9.17) is 0 Å². The summed E-state index contributed by atoms with van der Waals surface area (Å²) in [7, 11) is 0. The molecule has 86 valence electrons. The first-order valence-corrected chi connectivity index (χ1v) is 8.06. The molecule has 0 aliphatic carbocycles. The highest BCUT2D eigenvalue weighted by molar-refractivity contribution is 7.21. The molecule has 0 spiro atoms. The van der Waals surface area contributed by atoms with E-state index in [2.05, 4.69) is 48.2 Å². The van der Waals surface area contributed by atoms with Crippen molar-refractivity contribution in [3.63, 3.8) is 0 Å². The van der Waals surface area contributed by atoms with Crippen LogP contribution >= 0.6 is 34.0 Å². The lowest BCUT2D eigenvalue weighted by Crippen LogP contribution is -1.71. The molecule has 3 rings (SSSR count). The molecule has 0 bridgehead atoms. The van der Waals surface area contributed by atoms with Crippen molar-refractivity contribution < 1.29 is 0 Å². The van der Waals surface area contributed by atoms with Gasteiger partial charge >= 0.3 is 0 Å². The first-order valence-electron chi connectivity index (χ1n) is 5.42. The lowest BCUT2D eigenvalue weighted by molar-refractivity contribution is 1.55. The molecule has 0 atom stereocenters. The summed E-state index contributed by atoms with van der Waals surface area (Å²) in [6.07, 6.45) is 0. The summed E-state index contributed by atoms with van der Waals surface area (Å²) in [5, 5.41) is 6.63. The van der Waals surface area contributed by atoms with Crippen molar-refractivity contribution in [3.8, 4) is 20.2 Å². The van der Waals surface area contributed by atoms with Gasteiger partial charge in [0.05, 0.1) is 4.88 Å². The monoisotopic (exact) mass is 276 g/mol. The van der Waals surface area contributed by atoms with Crippen LogP contribution in [0.5, 0.6) is 0 Å². The largest absolute Gasteiger partial charge is 0.144 e. The Labute approximate surface area is 113 Å². The molecular weight excluding hydrogens is 264 g/mol. The first kappa shape index (κ1) is 11.2. The van der Waals surface area contributed by atoms with E-state index in [-0.39, 0.29) is 0 Å². The number of hydrogen-bond donors (Lipinski definition) is 0. The molecule has 0 saturated carbocycles. The van der Waals surface area contributed by atoms with Crippen LogP contribution in [-0.4, -0.2) is 0 Å². The molecule has 0 aliphatic heterocycles. The number of aryl methyl sites for hydroxylation is 2. The van der Waals surface area contributed by atoms with Crippen molar-refractivity contribution in [2.75, 3.05) is 0 Å². The van der Waals surface area contributed by atoms with Gasteiger partial charge in [-0.3, -0.25) is 0 Å². The summed E-state index contributed by atoms with van der Waals surface area (Å²) in [5.74, 6) is 0. The molecule has 17 heavy (non-hydrogen) atoms. The Balaban J connectivity index is 2.11. The van der Waals surface area contributed by atoms with E-state index < -0.39 is 0 Å². The van der Waals surface area contributed by atoms with Gasteiger partial charge in [0.25, 0.3) is 0 Å². The normalized spacial score (nSPS) is 10.9. The Bertz CT molecular complexity index is 585. The van der Waals surface area contributed by atoms with Crippen LogP contribution in [0.15, 0.2) is 34.3 Å². The fourth-order valence-corrected chi connectivity index (χ4v) is 4.77. The summed E-state index contributed by atoms with van der Waals surface area (Å²) < 4.78 is 0. The maximum atomic E-state index is 2.28. The van der Waals surface area contributed by atoms with Crippen LogP contribution in [0.2, 0.25) is 0 Å². The van der Waals surface area contributed by atoms with Gasteiger partial charge in [-0.1, -0.05) is 0 Å². The predicted octanol–water partition coefficient (Wildman–Crippen LogP) is 5.82. The molecule has 3 heteroatoms. The topological polar surface area (TPSA) is 0 Å². The van der Waals surface area contributed by atoms with Crippen molar-refractivity contribution in [2.45, 2.75) is 13.8 Å². The standard InChI is InChI=1S/C14H12S3/c1-9-5-12(16-7-9)11-3-4-15-14(11)13-6-10(2)8-17-13/h3-8H,1-2H3. The van der Waals surface area contributed by atoms with Gasteiger partial charge in [-0.15, -0.1) is 34.0 Å². The second-order valence-electron chi connectivity index (χ2n) is 4.14. The van der Waals surface area contributed by atoms with Gasteiger partial charge < -0.3 is 0 Å². The summed E-state index contributed by atoms with van der Waals surface area (Å²) in [5.41, 5.74) is 4.09. The van der Waals surface area contributed by atoms with E-state index >= 15 is 0 Å². The zero-order valence-electron chi connectivity index (χ0n) is 9.69. The number of thiophene rings is 3. The molecule has 0 saturated heterocycles. The molecule has 0 nitrogen and oxygen atoms in total. The van der Waals surface area contributed by atoms with Crippen LogP contribution < -0.4 is 0 Å². The molecule has 0 fully saturated rings. The van der Waals surface area contributed by atoms with E-state index in [1.165, 1.54) is 31.3 Å². The average molecular weight is 276 g/mol. The Kier molecular flexibility index (Phi) is 2.90. The summed E-state index contributed by atoms with van der Waals surface area (Å²) in [4.78, 5) is 4.17. The summed E-state index contributed by atoms with van der Waals surface area (Å²) in [6, 6.07) is 6.79. The molecule has 0 N–H and O–H groups in total. The average Bonchev–Trinajstić information content (AvgIpc) is 2.96. The van der Waals surface area contributed by atoms with Gasteiger partial charge in [0, 0.05) is 15.3 Å². The maximum absolute atomic E-state index is 2.28. The van der Waals surface area contributed by atoms with Crippen LogP contribution in [0.4, 0.5) is 0 Å². The quantitative estimate of drug-likeness (QED) is 0.553. The summed E-state index contributed by atoms with van der Waals surface area (Å²) in [6.45, 7) is 4.31. The van der Waals surface area contributed by atoms with Crippen molar-refractivity contribution in [1.29, 1.82) is 0 Å². The number of hydrogen-bond acceptors (Lipinski definition) is 3. The lowest BCUT2D eigenvalue weighted by atomic mass is 10.2. The van der Waals surface area contributed by atoms with Gasteiger partial charge in [0.2, 0.25) is 0 Å². The van der Waals surface area contributed by atoms with Crippen molar-refractivity contribution >= 4 is 34.0 Å². The molecule has 3 heterocycles. The maximum Gasteiger partial charge on any atom is 0.0529 e. The highest BCUT2D eigenvalue weighted by Crippen LogP contribution is 2.41. The SMILES string of the molecule is Cc1csc(-c2ccsc2-c2cc(C)cs2)c1. The Hall–Kier alpha value is -0.900. The van der Waals surface area contributed by atoms with Crippen molar-refractivity contribution in [3.05, 3.63) is 45.5 Å². The third-order valence-electron chi connectivity index (χ3n) is 2.62. The highest BCUT2D eigenvalue weighted by atomic mass is 32.1. The van der Waals surface area contributed by atoms with Gasteiger partial charge in [0.1, 0.15) is 0 Å². The second-order valence-corrected chi connectivity index (χ2v) is 6.88. The minimum absolute atomic E-state index is 1.35.